The van der Waals surface area contributed by atoms with Crippen molar-refractivity contribution in [1.29, 1.82) is 0 Å². The van der Waals surface area contributed by atoms with E-state index >= 15 is 0 Å². The Hall–Kier alpha value is -5.70. The second-order valence-electron chi connectivity index (χ2n) is 11.2. The minimum absolute atomic E-state index is 0.0938. The lowest BCUT2D eigenvalue weighted by Gasteiger charge is -2.25. The normalized spacial score (nSPS) is 13.7. The number of carbonyl (C=O) groups excluding carboxylic acids is 4. The van der Waals surface area contributed by atoms with E-state index < -0.39 is 72.6 Å². The van der Waals surface area contributed by atoms with E-state index in [2.05, 4.69) is 25.9 Å². The number of nitrogens with one attached hydrogen (secondary N) is 5. The van der Waals surface area contributed by atoms with Crippen LogP contribution in [-0.4, -0.2) is 79.9 Å². The van der Waals surface area contributed by atoms with Gasteiger partial charge < -0.3 is 47.6 Å². The van der Waals surface area contributed by atoms with Gasteiger partial charge in [0, 0.05) is 53.5 Å². The summed E-state index contributed by atoms with van der Waals surface area (Å²) in [6.45, 7) is 0. The number of carboxylic acids is 2. The molecule has 0 aliphatic heterocycles. The van der Waals surface area contributed by atoms with Crippen molar-refractivity contribution in [2.45, 2.75) is 62.7 Å². The van der Waals surface area contributed by atoms with E-state index in [4.69, 9.17) is 16.6 Å². The number of primary amides is 1. The molecule has 4 amide bonds. The molecule has 0 bridgehead atoms. The molecule has 0 aliphatic rings. The largest absolute Gasteiger partial charge is 0.481 e. The maximum absolute atomic E-state index is 13.6. The summed E-state index contributed by atoms with van der Waals surface area (Å²) in [7, 11) is 0. The van der Waals surface area contributed by atoms with E-state index in [9.17, 15) is 33.9 Å². The van der Waals surface area contributed by atoms with Crippen LogP contribution in [0.3, 0.4) is 0 Å². The summed E-state index contributed by atoms with van der Waals surface area (Å²) in [5.74, 6) is -5.83. The molecule has 4 rings (SSSR count). The number of hydrogen-bond acceptors (Lipinski definition) is 7. The Morgan fingerprint density at radius 2 is 1.15 bits per heavy atom. The van der Waals surface area contributed by atoms with E-state index in [1.807, 2.05) is 36.4 Å². The van der Waals surface area contributed by atoms with Gasteiger partial charge in [-0.2, -0.15) is 0 Å². The lowest BCUT2D eigenvalue weighted by atomic mass is 10.0. The lowest BCUT2D eigenvalue weighted by molar-refractivity contribution is -0.143. The van der Waals surface area contributed by atoms with Crippen molar-refractivity contribution in [3.05, 3.63) is 72.1 Å². The molecule has 2 heterocycles. The lowest BCUT2D eigenvalue weighted by Crippen LogP contribution is -2.58. The second-order valence-corrected chi connectivity index (χ2v) is 11.2. The van der Waals surface area contributed by atoms with Crippen LogP contribution >= 0.6 is 0 Å². The van der Waals surface area contributed by atoms with Gasteiger partial charge in [0.2, 0.25) is 23.6 Å². The SMILES string of the molecule is NC(=O)CCC(NC(=O)C(N)Cc1c[nH]c2ccccc12)C(=O)NC(Cc1c[nH]c2ccccc12)C(=O)NC(CCC(=O)O)C(=O)O. The van der Waals surface area contributed by atoms with E-state index in [0.717, 1.165) is 27.4 Å². The number of rotatable bonds is 17. The number of hydrogen-bond donors (Lipinski definition) is 9. The average Bonchev–Trinajstić information content (AvgIpc) is 3.64. The van der Waals surface area contributed by atoms with E-state index in [0.29, 0.717) is 5.56 Å². The quantitative estimate of drug-likeness (QED) is 0.0768. The van der Waals surface area contributed by atoms with Crippen LogP contribution in [-0.2, 0) is 41.6 Å². The van der Waals surface area contributed by atoms with Crippen LogP contribution in [0.25, 0.3) is 21.8 Å². The number of amides is 4. The Morgan fingerprint density at radius 1 is 0.660 bits per heavy atom. The summed E-state index contributed by atoms with van der Waals surface area (Å²) in [5.41, 5.74) is 14.6. The summed E-state index contributed by atoms with van der Waals surface area (Å²) in [6, 6.07) is 9.37. The Bertz CT molecular complexity index is 1780. The number of nitrogens with two attached hydrogens (primary N) is 2. The predicted octanol–water partition coefficient (Wildman–Crippen LogP) is 0.431. The first-order chi connectivity index (χ1) is 22.4. The van der Waals surface area contributed by atoms with Gasteiger partial charge in [0.25, 0.3) is 0 Å². The predicted molar refractivity (Wildman–Crippen MR) is 171 cm³/mol. The fourth-order valence-corrected chi connectivity index (χ4v) is 5.26. The number of fused-ring (bicyclic) bond motifs is 2. The first-order valence-corrected chi connectivity index (χ1v) is 14.9. The Kier molecular flexibility index (Phi) is 11.3. The molecule has 11 N–H and O–H groups in total. The third kappa shape index (κ3) is 9.17. The molecule has 0 fully saturated rings. The van der Waals surface area contributed by atoms with Crippen LogP contribution < -0.4 is 27.4 Å². The van der Waals surface area contributed by atoms with Crippen LogP contribution in [0.2, 0.25) is 0 Å². The van der Waals surface area contributed by atoms with Crippen molar-refractivity contribution >= 4 is 57.4 Å². The molecule has 4 atom stereocenters. The van der Waals surface area contributed by atoms with Gasteiger partial charge >= 0.3 is 11.9 Å². The Balaban J connectivity index is 1.54. The van der Waals surface area contributed by atoms with Gasteiger partial charge in [-0.3, -0.25) is 24.0 Å². The number of carboxylic acid groups (broad SMARTS) is 2. The maximum Gasteiger partial charge on any atom is 0.326 e. The molecule has 0 saturated carbocycles. The van der Waals surface area contributed by atoms with Crippen LogP contribution in [0.5, 0.6) is 0 Å². The highest BCUT2D eigenvalue weighted by molar-refractivity contribution is 5.95. The smallest absolute Gasteiger partial charge is 0.326 e. The zero-order valence-electron chi connectivity index (χ0n) is 25.3. The van der Waals surface area contributed by atoms with E-state index in [-0.39, 0.29) is 25.7 Å². The van der Waals surface area contributed by atoms with Gasteiger partial charge in [-0.15, -0.1) is 0 Å². The highest BCUT2D eigenvalue weighted by atomic mass is 16.4. The standard InChI is InChI=1S/C32H37N7O8/c33-21(13-17-15-35-22-7-3-1-5-19(17)22)29(43)37-24(9-11-27(34)40)30(44)39-26(14-18-16-36-23-8-4-2-6-20(18)23)31(45)38-25(32(46)47)10-12-28(41)42/h1-8,15-16,21,24-26,35-36H,9-14,33H2,(H2,34,40)(H,37,43)(H,38,45)(H,39,44)(H,41,42)(H,46,47). The minimum atomic E-state index is -1.55. The number of aliphatic carboxylic acids is 2. The molecule has 0 radical (unpaired) electrons. The summed E-state index contributed by atoms with van der Waals surface area (Å²) in [4.78, 5) is 81.0. The first-order valence-electron chi connectivity index (χ1n) is 14.9. The van der Waals surface area contributed by atoms with Gasteiger partial charge in [0.05, 0.1) is 6.04 Å². The molecule has 0 aliphatic carbocycles. The van der Waals surface area contributed by atoms with Gasteiger partial charge in [-0.25, -0.2) is 4.79 Å². The molecule has 0 saturated heterocycles. The average molecular weight is 648 g/mol. The number of para-hydroxylation sites is 2. The molecular weight excluding hydrogens is 610 g/mol. The maximum atomic E-state index is 13.6. The number of aromatic nitrogens is 2. The molecule has 2 aromatic carbocycles. The number of H-pyrrole nitrogens is 2. The molecular formula is C32H37N7O8. The fraction of sp³-hybridized carbons (Fsp3) is 0.312. The Labute approximate surface area is 268 Å². The molecule has 4 aromatic rings. The Morgan fingerprint density at radius 3 is 1.70 bits per heavy atom. The van der Waals surface area contributed by atoms with Gasteiger partial charge in [-0.05, 0) is 42.5 Å². The van der Waals surface area contributed by atoms with Crippen LogP contribution in [0.1, 0.15) is 36.8 Å². The zero-order chi connectivity index (χ0) is 34.1. The third-order valence-electron chi connectivity index (χ3n) is 7.76. The van der Waals surface area contributed by atoms with Crippen molar-refractivity contribution in [2.24, 2.45) is 11.5 Å². The molecule has 15 nitrogen and oxygen atoms in total. The molecule has 15 heteroatoms. The fourth-order valence-electron chi connectivity index (χ4n) is 5.26. The number of carbonyl (C=O) groups is 6. The number of benzene rings is 2. The minimum Gasteiger partial charge on any atom is -0.481 e. The van der Waals surface area contributed by atoms with Gasteiger partial charge in [0.15, 0.2) is 0 Å². The topological polar surface area (TPSA) is 263 Å². The summed E-state index contributed by atoms with van der Waals surface area (Å²) >= 11 is 0. The molecule has 2 aromatic heterocycles. The second kappa shape index (κ2) is 15.5. The van der Waals surface area contributed by atoms with Crippen LogP contribution in [0.4, 0.5) is 0 Å². The van der Waals surface area contributed by atoms with Crippen molar-refractivity contribution in [3.8, 4) is 0 Å². The van der Waals surface area contributed by atoms with Crippen molar-refractivity contribution < 1.29 is 39.0 Å². The summed E-state index contributed by atoms with van der Waals surface area (Å²) in [5, 5.41) is 27.7. The summed E-state index contributed by atoms with van der Waals surface area (Å²) in [6.07, 6.45) is 2.04. The summed E-state index contributed by atoms with van der Waals surface area (Å²) < 4.78 is 0. The van der Waals surface area contributed by atoms with Crippen LogP contribution in [0.15, 0.2) is 60.9 Å². The molecule has 4 unspecified atom stereocenters. The monoisotopic (exact) mass is 647 g/mol. The van der Waals surface area contributed by atoms with Crippen molar-refractivity contribution in [2.75, 3.05) is 0 Å². The highest BCUT2D eigenvalue weighted by Gasteiger charge is 2.31. The number of aromatic amines is 2. The van der Waals surface area contributed by atoms with E-state index in [1.54, 1.807) is 24.5 Å². The van der Waals surface area contributed by atoms with Crippen molar-refractivity contribution in [1.82, 2.24) is 25.9 Å². The zero-order valence-corrected chi connectivity index (χ0v) is 25.3. The van der Waals surface area contributed by atoms with Crippen molar-refractivity contribution in [3.63, 3.8) is 0 Å². The van der Waals surface area contributed by atoms with Gasteiger partial charge in [0.1, 0.15) is 18.1 Å². The van der Waals surface area contributed by atoms with Gasteiger partial charge in [-0.1, -0.05) is 36.4 Å². The molecule has 0 spiro atoms. The van der Waals surface area contributed by atoms with Crippen LogP contribution in [0, 0.1) is 0 Å². The molecule has 248 valence electrons. The molecule has 47 heavy (non-hydrogen) atoms. The third-order valence-corrected chi connectivity index (χ3v) is 7.76. The van der Waals surface area contributed by atoms with E-state index in [1.165, 1.54) is 0 Å². The highest BCUT2D eigenvalue weighted by Crippen LogP contribution is 2.20. The first kappa shape index (κ1) is 34.2.